The maximum absolute atomic E-state index is 13.5. The first kappa shape index (κ1) is 14.0. The zero-order chi connectivity index (χ0) is 14.0. The van der Waals surface area contributed by atoms with Crippen molar-refractivity contribution in [3.63, 3.8) is 0 Å². The summed E-state index contributed by atoms with van der Waals surface area (Å²) in [7, 11) is 0. The molecule has 19 heavy (non-hydrogen) atoms. The number of carboxylic acid groups (broad SMARTS) is 1. The van der Waals surface area contributed by atoms with Crippen LogP contribution in [0.15, 0.2) is 18.2 Å². The van der Waals surface area contributed by atoms with Crippen molar-refractivity contribution in [1.29, 1.82) is 0 Å². The van der Waals surface area contributed by atoms with E-state index in [1.165, 1.54) is 12.5 Å². The molecule has 0 spiro atoms. The van der Waals surface area contributed by atoms with Gasteiger partial charge in [-0.2, -0.15) is 0 Å². The maximum Gasteiger partial charge on any atom is 0.335 e. The molecule has 1 aromatic carbocycles. The van der Waals surface area contributed by atoms with Gasteiger partial charge in [-0.05, 0) is 49.9 Å². The quantitative estimate of drug-likeness (QED) is 0.908. The van der Waals surface area contributed by atoms with Gasteiger partial charge in [0.2, 0.25) is 0 Å². The number of rotatable bonds is 4. The summed E-state index contributed by atoms with van der Waals surface area (Å²) in [5.41, 5.74) is 0.763. The zero-order valence-electron chi connectivity index (χ0n) is 11.4. The van der Waals surface area contributed by atoms with Crippen molar-refractivity contribution in [2.45, 2.75) is 51.7 Å². The smallest absolute Gasteiger partial charge is 0.335 e. The van der Waals surface area contributed by atoms with Crippen LogP contribution in [0.3, 0.4) is 0 Å². The number of carboxylic acids is 1. The minimum Gasteiger partial charge on any atom is -0.478 e. The van der Waals surface area contributed by atoms with Gasteiger partial charge in [-0.1, -0.05) is 6.92 Å². The average Bonchev–Trinajstić information content (AvgIpc) is 2.70. The molecule has 1 fully saturated rings. The van der Waals surface area contributed by atoms with Gasteiger partial charge in [-0.15, -0.1) is 0 Å². The van der Waals surface area contributed by atoms with E-state index in [2.05, 4.69) is 18.7 Å². The fourth-order valence-electron chi connectivity index (χ4n) is 2.92. The number of aromatic carboxylic acids is 1. The lowest BCUT2D eigenvalue weighted by Crippen LogP contribution is -2.33. The number of likely N-dealkylation sites (tertiary alicyclic amines) is 1. The van der Waals surface area contributed by atoms with E-state index in [1.807, 2.05) is 0 Å². The van der Waals surface area contributed by atoms with E-state index in [9.17, 15) is 9.18 Å². The van der Waals surface area contributed by atoms with E-state index in [0.29, 0.717) is 18.6 Å². The Kier molecular flexibility index (Phi) is 4.20. The van der Waals surface area contributed by atoms with Gasteiger partial charge in [0.1, 0.15) is 5.82 Å². The summed E-state index contributed by atoms with van der Waals surface area (Å²) in [5.74, 6) is -1.56. The van der Waals surface area contributed by atoms with Crippen LogP contribution in [-0.4, -0.2) is 28.1 Å². The molecule has 1 aliphatic rings. The lowest BCUT2D eigenvalue weighted by molar-refractivity contribution is 0.0696. The molecule has 1 saturated heterocycles. The SMILES string of the molecule is CCC1CCC(C)N1Cc1cc(F)cc(C(=O)O)c1. The lowest BCUT2D eigenvalue weighted by Gasteiger charge is -2.27. The number of hydrogen-bond donors (Lipinski definition) is 1. The van der Waals surface area contributed by atoms with Crippen LogP contribution in [0.2, 0.25) is 0 Å². The van der Waals surface area contributed by atoms with E-state index in [1.54, 1.807) is 6.07 Å². The van der Waals surface area contributed by atoms with E-state index >= 15 is 0 Å². The normalized spacial score (nSPS) is 23.7. The fraction of sp³-hybridized carbons (Fsp3) is 0.533. The average molecular weight is 265 g/mol. The van der Waals surface area contributed by atoms with E-state index in [0.717, 1.165) is 24.5 Å². The molecule has 1 N–H and O–H groups in total. The number of benzene rings is 1. The van der Waals surface area contributed by atoms with Crippen LogP contribution in [0, 0.1) is 5.82 Å². The number of hydrogen-bond acceptors (Lipinski definition) is 2. The second kappa shape index (κ2) is 5.70. The van der Waals surface area contributed by atoms with Gasteiger partial charge >= 0.3 is 5.97 Å². The van der Waals surface area contributed by atoms with Gasteiger partial charge in [0.05, 0.1) is 5.56 Å². The molecule has 2 atom stereocenters. The molecule has 104 valence electrons. The van der Waals surface area contributed by atoms with Crippen LogP contribution >= 0.6 is 0 Å². The highest BCUT2D eigenvalue weighted by atomic mass is 19.1. The Morgan fingerprint density at radius 1 is 1.42 bits per heavy atom. The molecule has 3 nitrogen and oxygen atoms in total. The molecule has 1 aromatic rings. The summed E-state index contributed by atoms with van der Waals surface area (Å²) in [6.45, 7) is 4.95. The minimum atomic E-state index is -1.08. The Bertz CT molecular complexity index is 475. The molecule has 4 heteroatoms. The number of halogens is 1. The first-order valence-corrected chi connectivity index (χ1v) is 6.79. The first-order chi connectivity index (χ1) is 9.01. The van der Waals surface area contributed by atoms with E-state index < -0.39 is 11.8 Å². The lowest BCUT2D eigenvalue weighted by atomic mass is 10.1. The highest BCUT2D eigenvalue weighted by molar-refractivity contribution is 5.87. The highest BCUT2D eigenvalue weighted by Crippen LogP contribution is 2.28. The summed E-state index contributed by atoms with van der Waals surface area (Å²) < 4.78 is 13.5. The van der Waals surface area contributed by atoms with Crippen LogP contribution in [0.4, 0.5) is 4.39 Å². The summed E-state index contributed by atoms with van der Waals surface area (Å²) in [4.78, 5) is 13.3. The Morgan fingerprint density at radius 2 is 2.16 bits per heavy atom. The van der Waals surface area contributed by atoms with E-state index in [-0.39, 0.29) is 5.56 Å². The molecule has 0 radical (unpaired) electrons. The highest BCUT2D eigenvalue weighted by Gasteiger charge is 2.29. The largest absolute Gasteiger partial charge is 0.478 e. The second-order valence-electron chi connectivity index (χ2n) is 5.31. The third kappa shape index (κ3) is 3.13. The molecule has 2 rings (SSSR count). The fourth-order valence-corrected chi connectivity index (χ4v) is 2.92. The van der Waals surface area contributed by atoms with Gasteiger partial charge in [0, 0.05) is 18.6 Å². The van der Waals surface area contributed by atoms with E-state index in [4.69, 9.17) is 5.11 Å². The second-order valence-corrected chi connectivity index (χ2v) is 5.31. The number of carbonyl (C=O) groups is 1. The molecule has 0 aliphatic carbocycles. The third-order valence-electron chi connectivity index (χ3n) is 3.99. The summed E-state index contributed by atoms with van der Waals surface area (Å²) in [6.07, 6.45) is 3.39. The van der Waals surface area contributed by atoms with Gasteiger partial charge in [-0.3, -0.25) is 4.90 Å². The van der Waals surface area contributed by atoms with Crippen LogP contribution < -0.4 is 0 Å². The molecule has 0 aromatic heterocycles. The number of nitrogens with zero attached hydrogens (tertiary/aromatic N) is 1. The molecule has 0 saturated carbocycles. The Hall–Kier alpha value is -1.42. The summed E-state index contributed by atoms with van der Waals surface area (Å²) in [6, 6.07) is 5.07. The first-order valence-electron chi connectivity index (χ1n) is 6.79. The summed E-state index contributed by atoms with van der Waals surface area (Å²) >= 11 is 0. The van der Waals surface area contributed by atoms with Crippen molar-refractivity contribution >= 4 is 5.97 Å². The molecule has 2 unspecified atom stereocenters. The zero-order valence-corrected chi connectivity index (χ0v) is 11.4. The van der Waals surface area contributed by atoms with Crippen LogP contribution in [0.5, 0.6) is 0 Å². The van der Waals surface area contributed by atoms with Gasteiger partial charge in [0.15, 0.2) is 0 Å². The Morgan fingerprint density at radius 3 is 2.79 bits per heavy atom. The molecular weight excluding hydrogens is 245 g/mol. The monoisotopic (exact) mass is 265 g/mol. The van der Waals surface area contributed by atoms with Gasteiger partial charge in [0.25, 0.3) is 0 Å². The van der Waals surface area contributed by atoms with Gasteiger partial charge < -0.3 is 5.11 Å². The van der Waals surface area contributed by atoms with Crippen molar-refractivity contribution in [3.8, 4) is 0 Å². The molecule has 1 heterocycles. The minimum absolute atomic E-state index is 0.0231. The summed E-state index contributed by atoms with van der Waals surface area (Å²) in [5, 5.41) is 8.96. The van der Waals surface area contributed by atoms with Crippen molar-refractivity contribution in [1.82, 2.24) is 4.90 Å². The molecular formula is C15H20FNO2. The van der Waals surface area contributed by atoms with Gasteiger partial charge in [-0.25, -0.2) is 9.18 Å². The Balaban J connectivity index is 2.20. The van der Waals surface area contributed by atoms with Crippen molar-refractivity contribution in [2.75, 3.05) is 0 Å². The van der Waals surface area contributed by atoms with Crippen molar-refractivity contribution in [3.05, 3.63) is 35.1 Å². The van der Waals surface area contributed by atoms with Crippen LogP contribution in [0.1, 0.15) is 49.0 Å². The van der Waals surface area contributed by atoms with Crippen molar-refractivity contribution in [2.24, 2.45) is 0 Å². The van der Waals surface area contributed by atoms with Crippen LogP contribution in [0.25, 0.3) is 0 Å². The molecule has 1 aliphatic heterocycles. The molecule has 0 bridgehead atoms. The predicted octanol–water partition coefficient (Wildman–Crippen LogP) is 3.29. The van der Waals surface area contributed by atoms with Crippen LogP contribution in [-0.2, 0) is 6.54 Å². The topological polar surface area (TPSA) is 40.5 Å². The Labute approximate surface area is 113 Å². The third-order valence-corrected chi connectivity index (χ3v) is 3.99. The predicted molar refractivity (Wildman–Crippen MR) is 71.7 cm³/mol. The molecule has 0 amide bonds. The maximum atomic E-state index is 13.5. The standard InChI is InChI=1S/C15H20FNO2/c1-3-14-5-4-10(2)17(14)9-11-6-12(15(18)19)8-13(16)7-11/h6-8,10,14H,3-5,9H2,1-2H3,(H,18,19). The van der Waals surface area contributed by atoms with Crippen molar-refractivity contribution < 1.29 is 14.3 Å².